The Morgan fingerprint density at radius 2 is 1.61 bits per heavy atom. The molecule has 0 heterocycles. The smallest absolute Gasteiger partial charge is 0.326 e. The molecule has 0 amide bonds. The summed E-state index contributed by atoms with van der Waals surface area (Å²) in [5.41, 5.74) is 0.179. The third kappa shape index (κ3) is 4.41. The van der Waals surface area contributed by atoms with Crippen molar-refractivity contribution in [1.82, 2.24) is 0 Å². The van der Waals surface area contributed by atoms with Crippen LogP contribution in [0.1, 0.15) is 6.92 Å². The Morgan fingerprint density at radius 1 is 0.964 bits per heavy atom. The Morgan fingerprint density at radius 3 is 2.25 bits per heavy atom. The first kappa shape index (κ1) is 20.5. The van der Waals surface area contributed by atoms with Gasteiger partial charge in [0, 0.05) is 10.0 Å². The highest BCUT2D eigenvalue weighted by molar-refractivity contribution is 7.92. The van der Waals surface area contributed by atoms with Gasteiger partial charge in [-0.1, -0.05) is 53.5 Å². The SMILES string of the molecule is CCOC(=O)CN(c1cc(Cl)cc(Cl)c1)S(=O)(=O)c1ccc2ccccc2c1. The molecule has 0 aliphatic heterocycles. The highest BCUT2D eigenvalue weighted by Gasteiger charge is 2.28. The Labute approximate surface area is 173 Å². The van der Waals surface area contributed by atoms with Gasteiger partial charge in [-0.2, -0.15) is 0 Å². The van der Waals surface area contributed by atoms with Gasteiger partial charge in [-0.3, -0.25) is 9.10 Å². The molecule has 0 atom stereocenters. The number of halogens is 2. The zero-order valence-corrected chi connectivity index (χ0v) is 17.3. The van der Waals surface area contributed by atoms with Crippen molar-refractivity contribution in [3.05, 3.63) is 70.7 Å². The third-order valence-corrected chi connectivity index (χ3v) is 6.23. The standard InChI is InChI=1S/C20H17Cl2NO4S/c1-2-27-20(24)13-23(18-11-16(21)10-17(22)12-18)28(25,26)19-8-7-14-5-3-4-6-15(14)9-19/h3-12H,2,13H2,1H3. The minimum Gasteiger partial charge on any atom is -0.465 e. The molecule has 0 aliphatic rings. The molecular formula is C20H17Cl2NO4S. The lowest BCUT2D eigenvalue weighted by atomic mass is 10.1. The zero-order chi connectivity index (χ0) is 20.3. The van der Waals surface area contributed by atoms with Crippen LogP contribution in [0.2, 0.25) is 10.0 Å². The van der Waals surface area contributed by atoms with E-state index in [9.17, 15) is 13.2 Å². The van der Waals surface area contributed by atoms with Crippen molar-refractivity contribution in [3.8, 4) is 0 Å². The molecule has 3 rings (SSSR count). The zero-order valence-electron chi connectivity index (χ0n) is 14.9. The van der Waals surface area contributed by atoms with Crippen LogP contribution in [0.5, 0.6) is 0 Å². The first-order valence-electron chi connectivity index (χ1n) is 8.44. The van der Waals surface area contributed by atoms with Crippen molar-refractivity contribution in [1.29, 1.82) is 0 Å². The third-order valence-electron chi connectivity index (χ3n) is 4.02. The summed E-state index contributed by atoms with van der Waals surface area (Å²) in [6, 6.07) is 16.5. The maximum Gasteiger partial charge on any atom is 0.326 e. The van der Waals surface area contributed by atoms with E-state index in [0.29, 0.717) is 0 Å². The van der Waals surface area contributed by atoms with E-state index in [0.717, 1.165) is 15.1 Å². The van der Waals surface area contributed by atoms with E-state index in [2.05, 4.69) is 0 Å². The molecule has 3 aromatic rings. The predicted molar refractivity (Wildman–Crippen MR) is 112 cm³/mol. The highest BCUT2D eigenvalue weighted by atomic mass is 35.5. The van der Waals surface area contributed by atoms with Crippen LogP contribution >= 0.6 is 23.2 Å². The molecule has 0 saturated heterocycles. The number of sulfonamides is 1. The first-order valence-corrected chi connectivity index (χ1v) is 10.6. The Bertz CT molecular complexity index is 1110. The maximum absolute atomic E-state index is 13.4. The number of rotatable bonds is 6. The van der Waals surface area contributed by atoms with E-state index < -0.39 is 22.5 Å². The van der Waals surface area contributed by atoms with Gasteiger partial charge in [0.1, 0.15) is 6.54 Å². The highest BCUT2D eigenvalue weighted by Crippen LogP contribution is 2.30. The Balaban J connectivity index is 2.11. The Kier molecular flexibility index (Phi) is 6.13. The fourth-order valence-electron chi connectivity index (χ4n) is 2.78. The second kappa shape index (κ2) is 8.39. The molecule has 5 nitrogen and oxygen atoms in total. The second-order valence-electron chi connectivity index (χ2n) is 5.95. The van der Waals surface area contributed by atoms with Crippen molar-refractivity contribution in [2.24, 2.45) is 0 Å². The molecule has 0 saturated carbocycles. The molecule has 146 valence electrons. The molecule has 0 bridgehead atoms. The van der Waals surface area contributed by atoms with Gasteiger partial charge in [0.05, 0.1) is 17.2 Å². The second-order valence-corrected chi connectivity index (χ2v) is 8.69. The molecule has 3 aromatic carbocycles. The van der Waals surface area contributed by atoms with Crippen LogP contribution in [0.3, 0.4) is 0 Å². The molecule has 28 heavy (non-hydrogen) atoms. The fourth-order valence-corrected chi connectivity index (χ4v) is 4.72. The number of carbonyl (C=O) groups excluding carboxylic acids is 1. The summed E-state index contributed by atoms with van der Waals surface area (Å²) >= 11 is 12.1. The summed E-state index contributed by atoms with van der Waals surface area (Å²) in [4.78, 5) is 12.1. The van der Waals surface area contributed by atoms with Crippen LogP contribution in [0.25, 0.3) is 10.8 Å². The van der Waals surface area contributed by atoms with Crippen molar-refractivity contribution in [2.75, 3.05) is 17.5 Å². The van der Waals surface area contributed by atoms with Gasteiger partial charge in [0.2, 0.25) is 0 Å². The number of benzene rings is 3. The number of fused-ring (bicyclic) bond motifs is 1. The topological polar surface area (TPSA) is 63.7 Å². The fraction of sp³-hybridized carbons (Fsp3) is 0.150. The van der Waals surface area contributed by atoms with Crippen LogP contribution in [-0.4, -0.2) is 27.5 Å². The molecule has 8 heteroatoms. The number of anilines is 1. The monoisotopic (exact) mass is 437 g/mol. The average Bonchev–Trinajstić information content (AvgIpc) is 2.65. The van der Waals surface area contributed by atoms with Gasteiger partial charge < -0.3 is 4.74 Å². The summed E-state index contributed by atoms with van der Waals surface area (Å²) in [6.45, 7) is 1.29. The van der Waals surface area contributed by atoms with E-state index in [4.69, 9.17) is 27.9 Å². The van der Waals surface area contributed by atoms with Gasteiger partial charge in [0.25, 0.3) is 10.0 Å². The van der Waals surface area contributed by atoms with Gasteiger partial charge >= 0.3 is 5.97 Å². The number of nitrogens with zero attached hydrogens (tertiary/aromatic N) is 1. The van der Waals surface area contributed by atoms with E-state index in [1.54, 1.807) is 19.1 Å². The van der Waals surface area contributed by atoms with Crippen LogP contribution < -0.4 is 4.31 Å². The quantitative estimate of drug-likeness (QED) is 0.514. The minimum atomic E-state index is -4.08. The van der Waals surface area contributed by atoms with E-state index in [-0.39, 0.29) is 27.2 Å². The summed E-state index contributed by atoms with van der Waals surface area (Å²) < 4.78 is 32.6. The maximum atomic E-state index is 13.4. The predicted octanol–water partition coefficient (Wildman–Crippen LogP) is 4.91. The molecule has 0 fully saturated rings. The first-order chi connectivity index (χ1) is 13.3. The summed E-state index contributed by atoms with van der Waals surface area (Å²) in [5.74, 6) is -0.678. The molecule has 0 unspecified atom stereocenters. The number of carbonyl (C=O) groups is 1. The minimum absolute atomic E-state index is 0.0478. The van der Waals surface area contributed by atoms with Crippen molar-refractivity contribution >= 4 is 55.7 Å². The summed E-state index contributed by atoms with van der Waals surface area (Å²) in [7, 11) is -4.08. The average molecular weight is 438 g/mol. The normalized spacial score (nSPS) is 11.4. The number of ether oxygens (including phenoxy) is 1. The molecule has 0 N–H and O–H groups in total. The van der Waals surface area contributed by atoms with Crippen LogP contribution in [0.15, 0.2) is 65.6 Å². The molecule has 0 aliphatic carbocycles. The van der Waals surface area contributed by atoms with Crippen molar-refractivity contribution < 1.29 is 17.9 Å². The molecule has 0 radical (unpaired) electrons. The lowest BCUT2D eigenvalue weighted by molar-refractivity contribution is -0.141. The van der Waals surface area contributed by atoms with Gasteiger partial charge in [0.15, 0.2) is 0 Å². The van der Waals surface area contributed by atoms with Crippen LogP contribution in [0.4, 0.5) is 5.69 Å². The van der Waals surface area contributed by atoms with Gasteiger partial charge in [-0.25, -0.2) is 8.42 Å². The summed E-state index contributed by atoms with van der Waals surface area (Å²) in [5, 5.41) is 2.18. The molecule has 0 spiro atoms. The van der Waals surface area contributed by atoms with Crippen molar-refractivity contribution in [2.45, 2.75) is 11.8 Å². The molecule has 0 aromatic heterocycles. The van der Waals surface area contributed by atoms with E-state index >= 15 is 0 Å². The lowest BCUT2D eigenvalue weighted by Gasteiger charge is -2.24. The van der Waals surface area contributed by atoms with Crippen molar-refractivity contribution in [3.63, 3.8) is 0 Å². The van der Waals surface area contributed by atoms with Gasteiger partial charge in [-0.05, 0) is 48.0 Å². The van der Waals surface area contributed by atoms with E-state index in [1.807, 2.05) is 24.3 Å². The van der Waals surface area contributed by atoms with Crippen LogP contribution in [-0.2, 0) is 19.6 Å². The number of hydrogen-bond acceptors (Lipinski definition) is 4. The largest absolute Gasteiger partial charge is 0.465 e. The summed E-state index contributed by atoms with van der Waals surface area (Å²) in [6.07, 6.45) is 0. The Hall–Kier alpha value is -2.28. The van der Waals surface area contributed by atoms with E-state index in [1.165, 1.54) is 24.3 Å². The molecular weight excluding hydrogens is 421 g/mol. The number of hydrogen-bond donors (Lipinski definition) is 0. The lowest BCUT2D eigenvalue weighted by Crippen LogP contribution is -2.36. The number of esters is 1. The van der Waals surface area contributed by atoms with Gasteiger partial charge in [-0.15, -0.1) is 0 Å². The van der Waals surface area contributed by atoms with Crippen LogP contribution in [0, 0.1) is 0 Å².